The van der Waals surface area contributed by atoms with Gasteiger partial charge < -0.3 is 14.6 Å². The smallest absolute Gasteiger partial charge is 0.251 e. The fraction of sp³-hybridized carbons (Fsp3) is 0.324. The fourth-order valence-corrected chi connectivity index (χ4v) is 7.56. The van der Waals surface area contributed by atoms with Crippen LogP contribution in [0.1, 0.15) is 82.0 Å². The van der Waals surface area contributed by atoms with Gasteiger partial charge in [-0.1, -0.05) is 49.2 Å². The lowest BCUT2D eigenvalue weighted by atomic mass is 9.87. The van der Waals surface area contributed by atoms with E-state index in [-0.39, 0.29) is 28.4 Å². The van der Waals surface area contributed by atoms with E-state index in [4.69, 9.17) is 4.74 Å². The Balaban J connectivity index is 1.35. The molecule has 4 aromatic rings. The normalized spacial score (nSPS) is 16.0. The van der Waals surface area contributed by atoms with Gasteiger partial charge in [0.15, 0.2) is 15.6 Å². The average Bonchev–Trinajstić information content (AvgIpc) is 3.73. The summed E-state index contributed by atoms with van der Waals surface area (Å²) in [5.41, 5.74) is 3.03. The molecule has 3 aromatic carbocycles. The van der Waals surface area contributed by atoms with Crippen molar-refractivity contribution in [2.45, 2.75) is 74.3 Å². The molecule has 1 N–H and O–H groups in total. The van der Waals surface area contributed by atoms with Crippen LogP contribution in [0.25, 0.3) is 0 Å². The van der Waals surface area contributed by atoms with Crippen molar-refractivity contribution in [1.29, 1.82) is 0 Å². The summed E-state index contributed by atoms with van der Waals surface area (Å²) in [5.74, 6) is -0.170. The summed E-state index contributed by atoms with van der Waals surface area (Å²) in [6, 6.07) is 19.6. The number of hydrogen-bond acceptors (Lipinski definition) is 6. The molecule has 2 aliphatic carbocycles. The molecule has 0 unspecified atom stereocenters. The molecule has 0 saturated heterocycles. The molecule has 9 heteroatoms. The van der Waals surface area contributed by atoms with Crippen LogP contribution in [-0.2, 0) is 28.6 Å². The van der Waals surface area contributed by atoms with E-state index in [9.17, 15) is 18.0 Å². The highest BCUT2D eigenvalue weighted by Gasteiger charge is 2.29. The topological polar surface area (TPSA) is 107 Å². The highest BCUT2D eigenvalue weighted by atomic mass is 32.2. The molecular formula is C34H35N3O5S. The molecule has 0 bridgehead atoms. The van der Waals surface area contributed by atoms with Gasteiger partial charge in [0.25, 0.3) is 5.91 Å². The zero-order valence-corrected chi connectivity index (χ0v) is 24.8. The molecule has 8 nitrogen and oxygen atoms in total. The van der Waals surface area contributed by atoms with Crippen LogP contribution in [0, 0.1) is 0 Å². The van der Waals surface area contributed by atoms with E-state index in [1.807, 2.05) is 41.1 Å². The minimum absolute atomic E-state index is 0.00931. The molecule has 1 aromatic heterocycles. The number of benzene rings is 3. The summed E-state index contributed by atoms with van der Waals surface area (Å²) in [4.78, 5) is 30.0. The van der Waals surface area contributed by atoms with Crippen molar-refractivity contribution in [2.75, 3.05) is 0 Å². The number of amides is 1. The van der Waals surface area contributed by atoms with Gasteiger partial charge in [-0.15, -0.1) is 0 Å². The largest absolute Gasteiger partial charge is 0.484 e. The lowest BCUT2D eigenvalue weighted by molar-refractivity contribution is 0.0935. The second-order valence-electron chi connectivity index (χ2n) is 11.4. The molecule has 1 heterocycles. The first-order chi connectivity index (χ1) is 20.9. The number of Topliss-reactive ketones (excluding diaryl/α,β-unsaturated/α-hetero) is 1. The summed E-state index contributed by atoms with van der Waals surface area (Å²) >= 11 is 0. The number of carbonyl (C=O) groups is 2. The number of fused-ring (bicyclic) bond motifs is 1. The molecule has 43 heavy (non-hydrogen) atoms. The number of rotatable bonds is 10. The predicted molar refractivity (Wildman–Crippen MR) is 163 cm³/mol. The van der Waals surface area contributed by atoms with Gasteiger partial charge in [0, 0.05) is 41.5 Å². The van der Waals surface area contributed by atoms with Crippen LogP contribution < -0.4 is 10.1 Å². The van der Waals surface area contributed by atoms with Crippen LogP contribution >= 0.6 is 0 Å². The molecule has 0 aliphatic heterocycles. The summed E-state index contributed by atoms with van der Waals surface area (Å²) in [5, 5.41) is 3.04. The van der Waals surface area contributed by atoms with Crippen molar-refractivity contribution in [3.05, 3.63) is 113 Å². The maximum atomic E-state index is 14.0. The van der Waals surface area contributed by atoms with E-state index in [0.29, 0.717) is 48.2 Å². The Morgan fingerprint density at radius 2 is 1.81 bits per heavy atom. The Bertz CT molecular complexity index is 1710. The fourth-order valence-electron chi connectivity index (χ4n) is 6.11. The predicted octanol–water partition coefficient (Wildman–Crippen LogP) is 5.87. The van der Waals surface area contributed by atoms with Crippen molar-refractivity contribution < 1.29 is 22.7 Å². The number of hydrogen-bond donors (Lipinski definition) is 1. The average molecular weight is 598 g/mol. The van der Waals surface area contributed by atoms with Crippen LogP contribution in [0.4, 0.5) is 0 Å². The van der Waals surface area contributed by atoms with Crippen LogP contribution in [0.15, 0.2) is 90.3 Å². The molecule has 222 valence electrons. The van der Waals surface area contributed by atoms with E-state index in [1.165, 1.54) is 12.1 Å². The van der Waals surface area contributed by atoms with Gasteiger partial charge in [-0.2, -0.15) is 0 Å². The molecule has 2 aliphatic rings. The Labute approximate surface area is 252 Å². The number of ketones is 1. The first kappa shape index (κ1) is 28.9. The summed E-state index contributed by atoms with van der Waals surface area (Å²) < 4.78 is 36.5. The highest BCUT2D eigenvalue weighted by molar-refractivity contribution is 7.90. The number of nitrogens with one attached hydrogen (secondary N) is 1. The SMILES string of the molecule is O=C(NC1CCCC1)c1cccc(S(=O)(=O)Cc2c(O[C@H](Cn3ccnc3)c3ccccc3)ccc3c2CCCC3=O)c1. The molecule has 6 rings (SSSR count). The lowest BCUT2D eigenvalue weighted by Gasteiger charge is -2.26. The number of nitrogens with zero attached hydrogens (tertiary/aromatic N) is 2. The third kappa shape index (κ3) is 6.57. The Morgan fingerprint density at radius 1 is 1.00 bits per heavy atom. The van der Waals surface area contributed by atoms with Gasteiger partial charge in [0.05, 0.1) is 23.5 Å². The third-order valence-corrected chi connectivity index (χ3v) is 10.0. The standard InChI is InChI=1S/C34H35N3O5S/c38-31-15-7-14-28-29(31)16-17-32(42-33(21-37-19-18-35-23-37)24-8-2-1-3-9-24)30(28)22-43(40,41)27-13-6-10-25(20-27)34(39)36-26-11-4-5-12-26/h1-3,6,8-10,13,16-20,23,26,33H,4-5,7,11-12,14-15,21-22H2,(H,36,39)/t33-/m1/s1. The number of aromatic nitrogens is 2. The molecule has 0 radical (unpaired) electrons. The minimum Gasteiger partial charge on any atom is -0.484 e. The third-order valence-electron chi connectivity index (χ3n) is 8.38. The van der Waals surface area contributed by atoms with E-state index in [0.717, 1.165) is 36.8 Å². The van der Waals surface area contributed by atoms with Crippen LogP contribution in [-0.4, -0.2) is 35.7 Å². The number of sulfone groups is 1. The Kier molecular flexibility index (Phi) is 8.42. The summed E-state index contributed by atoms with van der Waals surface area (Å²) in [7, 11) is -3.91. The maximum Gasteiger partial charge on any atom is 0.251 e. The van der Waals surface area contributed by atoms with Crippen molar-refractivity contribution in [2.24, 2.45) is 0 Å². The number of ether oxygens (including phenoxy) is 1. The quantitative estimate of drug-likeness (QED) is 0.245. The Hall–Kier alpha value is -4.24. The minimum atomic E-state index is -3.91. The molecule has 0 spiro atoms. The monoisotopic (exact) mass is 597 g/mol. The van der Waals surface area contributed by atoms with Crippen LogP contribution in [0.3, 0.4) is 0 Å². The van der Waals surface area contributed by atoms with Gasteiger partial charge in [-0.3, -0.25) is 9.59 Å². The van der Waals surface area contributed by atoms with Crippen LogP contribution in [0.2, 0.25) is 0 Å². The molecule has 1 saturated carbocycles. The number of imidazole rings is 1. The van der Waals surface area contributed by atoms with Gasteiger partial charge in [0.2, 0.25) is 0 Å². The second-order valence-corrected chi connectivity index (χ2v) is 13.4. The van der Waals surface area contributed by atoms with Crippen molar-refractivity contribution in [1.82, 2.24) is 14.9 Å². The van der Waals surface area contributed by atoms with E-state index >= 15 is 0 Å². The first-order valence-corrected chi connectivity index (χ1v) is 16.5. The van der Waals surface area contributed by atoms with Crippen molar-refractivity contribution in [3.63, 3.8) is 0 Å². The summed E-state index contributed by atoms with van der Waals surface area (Å²) in [6.45, 7) is 0.463. The molecule has 1 amide bonds. The highest BCUT2D eigenvalue weighted by Crippen LogP contribution is 2.36. The zero-order valence-electron chi connectivity index (χ0n) is 23.9. The lowest BCUT2D eigenvalue weighted by Crippen LogP contribution is -2.32. The second kappa shape index (κ2) is 12.6. The van der Waals surface area contributed by atoms with E-state index in [2.05, 4.69) is 10.3 Å². The van der Waals surface area contributed by atoms with Gasteiger partial charge in [0.1, 0.15) is 11.9 Å². The first-order valence-electron chi connectivity index (χ1n) is 14.9. The van der Waals surface area contributed by atoms with Gasteiger partial charge in [-0.25, -0.2) is 13.4 Å². The van der Waals surface area contributed by atoms with Gasteiger partial charge in [-0.05, 0) is 67.1 Å². The van der Waals surface area contributed by atoms with Crippen LogP contribution in [0.5, 0.6) is 5.75 Å². The molecule has 1 fully saturated rings. The van der Waals surface area contributed by atoms with E-state index < -0.39 is 15.9 Å². The summed E-state index contributed by atoms with van der Waals surface area (Å²) in [6.07, 6.45) is 10.6. The molecular weight excluding hydrogens is 562 g/mol. The molecule has 1 atom stereocenters. The number of carbonyl (C=O) groups excluding carboxylic acids is 2. The van der Waals surface area contributed by atoms with Gasteiger partial charge >= 0.3 is 0 Å². The maximum absolute atomic E-state index is 14.0. The van der Waals surface area contributed by atoms with E-state index in [1.54, 1.807) is 36.8 Å². The zero-order chi connectivity index (χ0) is 29.8. The van der Waals surface area contributed by atoms with Crippen molar-refractivity contribution >= 4 is 21.5 Å². The Morgan fingerprint density at radius 3 is 2.58 bits per heavy atom. The van der Waals surface area contributed by atoms with Crippen molar-refractivity contribution in [3.8, 4) is 5.75 Å².